The highest BCUT2D eigenvalue weighted by Crippen LogP contribution is 2.25. The Labute approximate surface area is 193 Å². The number of hydrogen-bond acceptors (Lipinski definition) is 8. The maximum absolute atomic E-state index is 12.3. The van der Waals surface area contributed by atoms with Crippen LogP contribution in [0.15, 0.2) is 51.5 Å². The second-order valence-electron chi connectivity index (χ2n) is 6.59. The molecule has 0 fully saturated rings. The molecule has 0 unspecified atom stereocenters. The van der Waals surface area contributed by atoms with Crippen LogP contribution >= 0.6 is 34.4 Å². The Morgan fingerprint density at radius 1 is 1.13 bits per heavy atom. The molecule has 6 nitrogen and oxygen atoms in total. The number of esters is 1. The number of carbonyl (C=O) groups excluding carboxylic acids is 3. The molecule has 1 N–H and O–H groups in total. The number of Topliss-reactive ketones (excluding diaryl/α,β-unsaturated/α-hetero) is 1. The Bertz CT molecular complexity index is 1010. The van der Waals surface area contributed by atoms with Gasteiger partial charge in [-0.25, -0.2) is 9.78 Å². The smallest absolute Gasteiger partial charge is 0.338 e. The predicted molar refractivity (Wildman–Crippen MR) is 125 cm³/mol. The van der Waals surface area contributed by atoms with Gasteiger partial charge in [-0.2, -0.15) is 0 Å². The van der Waals surface area contributed by atoms with Gasteiger partial charge < -0.3 is 10.1 Å². The molecule has 0 aliphatic rings. The molecule has 9 heteroatoms. The molecule has 0 spiro atoms. The van der Waals surface area contributed by atoms with Gasteiger partial charge in [-0.15, -0.1) is 22.7 Å². The van der Waals surface area contributed by atoms with Gasteiger partial charge >= 0.3 is 5.97 Å². The maximum Gasteiger partial charge on any atom is 0.338 e. The van der Waals surface area contributed by atoms with E-state index in [0.717, 1.165) is 22.1 Å². The molecule has 162 valence electrons. The largest absolute Gasteiger partial charge is 0.462 e. The predicted octanol–water partition coefficient (Wildman–Crippen LogP) is 5.32. The van der Waals surface area contributed by atoms with Crippen molar-refractivity contribution >= 4 is 57.8 Å². The molecule has 0 atom stereocenters. The third-order valence-corrected chi connectivity index (χ3v) is 7.11. The van der Waals surface area contributed by atoms with Crippen molar-refractivity contribution in [2.24, 2.45) is 0 Å². The fraction of sp³-hybridized carbons (Fsp3) is 0.273. The molecular formula is C22H22N2O4S3. The summed E-state index contributed by atoms with van der Waals surface area (Å²) in [6.07, 6.45) is 1.93. The first kappa shape index (κ1) is 23.2. The van der Waals surface area contributed by atoms with Crippen LogP contribution in [0.25, 0.3) is 0 Å². The van der Waals surface area contributed by atoms with Crippen molar-refractivity contribution in [3.8, 4) is 0 Å². The van der Waals surface area contributed by atoms with Crippen LogP contribution in [0.1, 0.15) is 45.5 Å². The minimum Gasteiger partial charge on any atom is -0.462 e. The molecule has 1 amide bonds. The SMILES string of the molecule is CCCCOC(=O)c1ccc(NC(=O)Cc2csc(SCC(=O)c3cccs3)n2)cc1. The Hall–Kier alpha value is -2.49. The van der Waals surface area contributed by atoms with Gasteiger partial charge in [0.2, 0.25) is 5.91 Å². The summed E-state index contributed by atoms with van der Waals surface area (Å²) in [7, 11) is 0. The monoisotopic (exact) mass is 474 g/mol. The molecule has 0 radical (unpaired) electrons. The number of hydrogen-bond donors (Lipinski definition) is 1. The molecule has 1 aromatic carbocycles. The van der Waals surface area contributed by atoms with E-state index in [9.17, 15) is 14.4 Å². The summed E-state index contributed by atoms with van der Waals surface area (Å²) >= 11 is 4.23. The number of thioether (sulfide) groups is 1. The first-order valence-electron chi connectivity index (χ1n) is 9.76. The highest BCUT2D eigenvalue weighted by Gasteiger charge is 2.12. The zero-order valence-electron chi connectivity index (χ0n) is 17.0. The van der Waals surface area contributed by atoms with Gasteiger partial charge in [0, 0.05) is 11.1 Å². The van der Waals surface area contributed by atoms with E-state index in [1.165, 1.54) is 34.4 Å². The van der Waals surface area contributed by atoms with Crippen LogP contribution in [0.4, 0.5) is 5.69 Å². The van der Waals surface area contributed by atoms with Crippen LogP contribution < -0.4 is 5.32 Å². The number of aromatic nitrogens is 1. The summed E-state index contributed by atoms with van der Waals surface area (Å²) in [6, 6.07) is 10.3. The zero-order chi connectivity index (χ0) is 22.1. The summed E-state index contributed by atoms with van der Waals surface area (Å²) in [5.41, 5.74) is 1.71. The number of thiazole rings is 1. The number of benzene rings is 1. The lowest BCUT2D eigenvalue weighted by Crippen LogP contribution is -2.14. The van der Waals surface area contributed by atoms with Crippen LogP contribution in [-0.2, 0) is 16.0 Å². The summed E-state index contributed by atoms with van der Waals surface area (Å²) in [6.45, 7) is 2.44. The van der Waals surface area contributed by atoms with E-state index in [0.29, 0.717) is 29.3 Å². The standard InChI is InChI=1S/C22H22N2O4S3/c1-2-3-10-28-21(27)15-6-8-16(9-7-15)23-20(26)12-17-13-30-22(24-17)31-14-18(25)19-5-4-11-29-19/h4-9,11,13H,2-3,10,12,14H2,1H3,(H,23,26). The van der Waals surface area contributed by atoms with Crippen LogP contribution in [0.2, 0.25) is 0 Å². The molecular weight excluding hydrogens is 452 g/mol. The van der Waals surface area contributed by atoms with E-state index in [2.05, 4.69) is 10.3 Å². The first-order valence-corrected chi connectivity index (χ1v) is 12.5. The fourth-order valence-electron chi connectivity index (χ4n) is 2.52. The van der Waals surface area contributed by atoms with E-state index in [-0.39, 0.29) is 24.1 Å². The summed E-state index contributed by atoms with van der Waals surface area (Å²) < 4.78 is 5.93. The average Bonchev–Trinajstić information content (AvgIpc) is 3.45. The van der Waals surface area contributed by atoms with Gasteiger partial charge in [-0.3, -0.25) is 9.59 Å². The van der Waals surface area contributed by atoms with E-state index < -0.39 is 0 Å². The number of unbranched alkanes of at least 4 members (excludes halogenated alkanes) is 1. The molecule has 2 heterocycles. The summed E-state index contributed by atoms with van der Waals surface area (Å²) in [4.78, 5) is 41.5. The molecule has 2 aromatic heterocycles. The molecule has 0 saturated heterocycles. The van der Waals surface area contributed by atoms with Crippen LogP contribution in [0.5, 0.6) is 0 Å². The van der Waals surface area contributed by atoms with Crippen molar-refractivity contribution in [1.82, 2.24) is 4.98 Å². The van der Waals surface area contributed by atoms with Crippen molar-refractivity contribution in [3.63, 3.8) is 0 Å². The number of ketones is 1. The van der Waals surface area contributed by atoms with Gasteiger partial charge in [0.05, 0.1) is 34.9 Å². The Kier molecular flexibility index (Phi) is 8.81. The van der Waals surface area contributed by atoms with E-state index in [1.54, 1.807) is 24.3 Å². The number of ether oxygens (including phenoxy) is 1. The van der Waals surface area contributed by atoms with Gasteiger partial charge in [-0.1, -0.05) is 31.2 Å². The van der Waals surface area contributed by atoms with Crippen LogP contribution in [0, 0.1) is 0 Å². The van der Waals surface area contributed by atoms with Gasteiger partial charge in [0.15, 0.2) is 10.1 Å². The van der Waals surface area contributed by atoms with Gasteiger partial charge in [0.1, 0.15) is 0 Å². The average molecular weight is 475 g/mol. The topological polar surface area (TPSA) is 85.4 Å². The molecule has 0 saturated carbocycles. The number of anilines is 1. The highest BCUT2D eigenvalue weighted by atomic mass is 32.2. The van der Waals surface area contributed by atoms with Crippen molar-refractivity contribution in [2.75, 3.05) is 17.7 Å². The number of rotatable bonds is 11. The third kappa shape index (κ3) is 7.30. The van der Waals surface area contributed by atoms with E-state index >= 15 is 0 Å². The number of amides is 1. The van der Waals surface area contributed by atoms with E-state index in [1.807, 2.05) is 29.8 Å². The minimum absolute atomic E-state index is 0.0761. The number of nitrogens with one attached hydrogen (secondary N) is 1. The zero-order valence-corrected chi connectivity index (χ0v) is 19.4. The Morgan fingerprint density at radius 2 is 1.94 bits per heavy atom. The molecule has 3 rings (SSSR count). The van der Waals surface area contributed by atoms with E-state index in [4.69, 9.17) is 4.74 Å². The lowest BCUT2D eigenvalue weighted by molar-refractivity contribution is -0.115. The summed E-state index contributed by atoms with van der Waals surface area (Å²) in [5, 5.41) is 6.51. The highest BCUT2D eigenvalue weighted by molar-refractivity contribution is 8.01. The first-order chi connectivity index (χ1) is 15.0. The second-order valence-corrected chi connectivity index (χ2v) is 9.61. The number of nitrogens with zero attached hydrogens (tertiary/aromatic N) is 1. The van der Waals surface area contributed by atoms with Crippen molar-refractivity contribution < 1.29 is 19.1 Å². The summed E-state index contributed by atoms with van der Waals surface area (Å²) in [5.74, 6) is -0.161. The fourth-order valence-corrected chi connectivity index (χ4v) is 5.01. The molecule has 3 aromatic rings. The van der Waals surface area contributed by atoms with Gasteiger partial charge in [-0.05, 0) is 42.1 Å². The van der Waals surface area contributed by atoms with Crippen LogP contribution in [-0.4, -0.2) is 35.0 Å². The van der Waals surface area contributed by atoms with Crippen LogP contribution in [0.3, 0.4) is 0 Å². The Morgan fingerprint density at radius 3 is 2.65 bits per heavy atom. The van der Waals surface area contributed by atoms with Gasteiger partial charge in [0.25, 0.3) is 0 Å². The Balaban J connectivity index is 1.45. The van der Waals surface area contributed by atoms with Crippen molar-refractivity contribution in [2.45, 2.75) is 30.5 Å². The number of thiophene rings is 1. The lowest BCUT2D eigenvalue weighted by Gasteiger charge is -2.06. The maximum atomic E-state index is 12.3. The third-order valence-electron chi connectivity index (χ3n) is 4.13. The number of carbonyl (C=O) groups is 3. The quantitative estimate of drug-likeness (QED) is 0.175. The van der Waals surface area contributed by atoms with Crippen molar-refractivity contribution in [3.05, 3.63) is 63.3 Å². The lowest BCUT2D eigenvalue weighted by atomic mass is 10.2. The molecule has 0 bridgehead atoms. The van der Waals surface area contributed by atoms with Crippen molar-refractivity contribution in [1.29, 1.82) is 0 Å². The molecule has 31 heavy (non-hydrogen) atoms. The molecule has 0 aliphatic heterocycles. The second kappa shape index (κ2) is 11.8. The minimum atomic E-state index is -0.364. The molecule has 0 aliphatic carbocycles. The normalized spacial score (nSPS) is 10.6.